The number of aliphatic hydroxyl groups excluding tert-OH is 1. The van der Waals surface area contributed by atoms with E-state index in [0.29, 0.717) is 0 Å². The summed E-state index contributed by atoms with van der Waals surface area (Å²) in [5, 5.41) is 10.7. The molecule has 16 heavy (non-hydrogen) atoms. The van der Waals surface area contributed by atoms with Crippen molar-refractivity contribution in [3.63, 3.8) is 0 Å². The van der Waals surface area contributed by atoms with E-state index in [9.17, 15) is 5.11 Å². The summed E-state index contributed by atoms with van der Waals surface area (Å²) in [6.45, 7) is 4.51. The third kappa shape index (κ3) is 6.80. The van der Waals surface area contributed by atoms with E-state index in [-0.39, 0.29) is 6.10 Å². The van der Waals surface area contributed by atoms with Crippen LogP contribution < -0.4 is 0 Å². The summed E-state index contributed by atoms with van der Waals surface area (Å²) in [6, 6.07) is 0. The van der Waals surface area contributed by atoms with Crippen LogP contribution in [0.2, 0.25) is 0 Å². The zero-order chi connectivity index (χ0) is 11.8. The van der Waals surface area contributed by atoms with Crippen molar-refractivity contribution < 1.29 is 5.11 Å². The molecular formula is C14H28OS. The lowest BCUT2D eigenvalue weighted by atomic mass is 10.0. The van der Waals surface area contributed by atoms with Gasteiger partial charge in [-0.3, -0.25) is 0 Å². The van der Waals surface area contributed by atoms with E-state index in [4.69, 9.17) is 0 Å². The standard InChI is InChI=1S/C14H28OS/c1-12(2)7-6-8-13(15)11-16-14-9-4-3-5-10-14/h12-15H,3-11H2,1-2H3. The molecule has 1 aliphatic rings. The fraction of sp³-hybridized carbons (Fsp3) is 1.00. The second kappa shape index (κ2) is 8.41. The highest BCUT2D eigenvalue weighted by molar-refractivity contribution is 7.99. The van der Waals surface area contributed by atoms with E-state index in [1.54, 1.807) is 0 Å². The maximum Gasteiger partial charge on any atom is 0.0630 e. The van der Waals surface area contributed by atoms with E-state index in [0.717, 1.165) is 23.3 Å². The van der Waals surface area contributed by atoms with Crippen LogP contribution in [0.15, 0.2) is 0 Å². The molecule has 1 aliphatic carbocycles. The van der Waals surface area contributed by atoms with Crippen LogP contribution >= 0.6 is 11.8 Å². The minimum atomic E-state index is -0.0642. The third-order valence-corrected chi connectivity index (χ3v) is 4.92. The van der Waals surface area contributed by atoms with Gasteiger partial charge in [-0.2, -0.15) is 11.8 Å². The number of hydrogen-bond donors (Lipinski definition) is 1. The third-order valence-electron chi connectivity index (χ3n) is 3.40. The smallest absolute Gasteiger partial charge is 0.0630 e. The lowest BCUT2D eigenvalue weighted by molar-refractivity contribution is 0.183. The van der Waals surface area contributed by atoms with Crippen molar-refractivity contribution in [3.8, 4) is 0 Å². The van der Waals surface area contributed by atoms with Crippen LogP contribution in [0, 0.1) is 5.92 Å². The Kier molecular flexibility index (Phi) is 7.55. The highest BCUT2D eigenvalue weighted by atomic mass is 32.2. The Labute approximate surface area is 105 Å². The first-order valence-corrected chi connectivity index (χ1v) is 8.03. The van der Waals surface area contributed by atoms with E-state index < -0.39 is 0 Å². The minimum Gasteiger partial charge on any atom is -0.392 e. The van der Waals surface area contributed by atoms with Crippen LogP contribution in [0.3, 0.4) is 0 Å². The van der Waals surface area contributed by atoms with Crippen molar-refractivity contribution in [2.75, 3.05) is 5.75 Å². The van der Waals surface area contributed by atoms with Crippen molar-refractivity contribution in [3.05, 3.63) is 0 Å². The summed E-state index contributed by atoms with van der Waals surface area (Å²) in [7, 11) is 0. The van der Waals surface area contributed by atoms with Gasteiger partial charge in [-0.25, -0.2) is 0 Å². The number of rotatable bonds is 7. The van der Waals surface area contributed by atoms with Gasteiger partial charge in [0.25, 0.3) is 0 Å². The molecule has 0 aliphatic heterocycles. The summed E-state index contributed by atoms with van der Waals surface area (Å²) < 4.78 is 0. The molecule has 0 aromatic carbocycles. The predicted molar refractivity (Wildman–Crippen MR) is 74.0 cm³/mol. The summed E-state index contributed by atoms with van der Waals surface area (Å²) >= 11 is 2.01. The monoisotopic (exact) mass is 244 g/mol. The van der Waals surface area contributed by atoms with Crippen LogP contribution in [0.5, 0.6) is 0 Å². The zero-order valence-corrected chi connectivity index (χ0v) is 11.8. The second-order valence-electron chi connectivity index (χ2n) is 5.57. The number of thioether (sulfide) groups is 1. The molecule has 1 N–H and O–H groups in total. The molecule has 1 nitrogen and oxygen atoms in total. The summed E-state index contributed by atoms with van der Waals surface area (Å²) in [5.41, 5.74) is 0. The van der Waals surface area contributed by atoms with Crippen molar-refractivity contribution in [2.45, 2.75) is 76.6 Å². The number of aliphatic hydroxyl groups is 1. The predicted octanol–water partition coefficient (Wildman–Crippen LogP) is 4.24. The van der Waals surface area contributed by atoms with E-state index in [1.807, 2.05) is 11.8 Å². The molecule has 96 valence electrons. The van der Waals surface area contributed by atoms with Gasteiger partial charge < -0.3 is 5.11 Å². The molecule has 0 bridgehead atoms. The molecular weight excluding hydrogens is 216 g/mol. The first kappa shape index (κ1) is 14.4. The quantitative estimate of drug-likeness (QED) is 0.723. The van der Waals surface area contributed by atoms with Crippen LogP contribution in [0.4, 0.5) is 0 Å². The van der Waals surface area contributed by atoms with Crippen molar-refractivity contribution >= 4 is 11.8 Å². The highest BCUT2D eigenvalue weighted by Gasteiger charge is 2.15. The fourth-order valence-corrected chi connectivity index (χ4v) is 3.65. The molecule has 0 heterocycles. The molecule has 0 radical (unpaired) electrons. The van der Waals surface area contributed by atoms with Crippen molar-refractivity contribution in [1.82, 2.24) is 0 Å². The molecule has 0 aromatic rings. The van der Waals surface area contributed by atoms with Gasteiger partial charge in [0.05, 0.1) is 6.10 Å². The lowest BCUT2D eigenvalue weighted by Gasteiger charge is -2.22. The van der Waals surface area contributed by atoms with Gasteiger partial charge in [0.1, 0.15) is 0 Å². The Morgan fingerprint density at radius 3 is 2.44 bits per heavy atom. The van der Waals surface area contributed by atoms with Gasteiger partial charge in [-0.15, -0.1) is 0 Å². The van der Waals surface area contributed by atoms with Crippen LogP contribution in [0.25, 0.3) is 0 Å². The summed E-state index contributed by atoms with van der Waals surface area (Å²) in [4.78, 5) is 0. The summed E-state index contributed by atoms with van der Waals surface area (Å²) in [6.07, 6.45) is 10.4. The lowest BCUT2D eigenvalue weighted by Crippen LogP contribution is -2.15. The molecule has 0 saturated heterocycles. The Morgan fingerprint density at radius 1 is 1.12 bits per heavy atom. The average molecular weight is 244 g/mol. The molecule has 1 saturated carbocycles. The Hall–Kier alpha value is 0.310. The van der Waals surface area contributed by atoms with E-state index >= 15 is 0 Å². The first-order valence-electron chi connectivity index (χ1n) is 6.98. The van der Waals surface area contributed by atoms with Gasteiger partial charge in [0, 0.05) is 11.0 Å². The topological polar surface area (TPSA) is 20.2 Å². The maximum atomic E-state index is 9.87. The largest absolute Gasteiger partial charge is 0.392 e. The van der Waals surface area contributed by atoms with Gasteiger partial charge >= 0.3 is 0 Å². The highest BCUT2D eigenvalue weighted by Crippen LogP contribution is 2.29. The minimum absolute atomic E-state index is 0.0642. The summed E-state index contributed by atoms with van der Waals surface area (Å²) in [5.74, 6) is 1.74. The normalized spacial score (nSPS) is 20.2. The molecule has 0 spiro atoms. The Balaban J connectivity index is 1.98. The molecule has 2 heteroatoms. The van der Waals surface area contributed by atoms with E-state index in [2.05, 4.69) is 13.8 Å². The van der Waals surface area contributed by atoms with Gasteiger partial charge in [-0.05, 0) is 25.2 Å². The molecule has 1 unspecified atom stereocenters. The Bertz CT molecular complexity index is 164. The molecule has 1 rings (SSSR count). The van der Waals surface area contributed by atoms with Crippen LogP contribution in [-0.2, 0) is 0 Å². The molecule has 0 aromatic heterocycles. The molecule has 1 atom stereocenters. The second-order valence-corrected chi connectivity index (χ2v) is 6.91. The van der Waals surface area contributed by atoms with Crippen LogP contribution in [0.1, 0.15) is 65.2 Å². The maximum absolute atomic E-state index is 9.87. The van der Waals surface area contributed by atoms with Crippen LogP contribution in [-0.4, -0.2) is 22.2 Å². The van der Waals surface area contributed by atoms with E-state index in [1.165, 1.54) is 44.9 Å². The van der Waals surface area contributed by atoms with Gasteiger partial charge in [0.2, 0.25) is 0 Å². The zero-order valence-electron chi connectivity index (χ0n) is 11.0. The van der Waals surface area contributed by atoms with Crippen molar-refractivity contribution in [1.29, 1.82) is 0 Å². The molecule has 0 amide bonds. The number of hydrogen-bond acceptors (Lipinski definition) is 2. The van der Waals surface area contributed by atoms with Gasteiger partial charge in [-0.1, -0.05) is 46.0 Å². The van der Waals surface area contributed by atoms with Crippen molar-refractivity contribution in [2.24, 2.45) is 5.92 Å². The fourth-order valence-electron chi connectivity index (χ4n) is 2.32. The SMILES string of the molecule is CC(C)CCCC(O)CSC1CCCCC1. The Morgan fingerprint density at radius 2 is 1.81 bits per heavy atom. The van der Waals surface area contributed by atoms with Gasteiger partial charge in [0.15, 0.2) is 0 Å². The molecule has 1 fully saturated rings. The first-order chi connectivity index (χ1) is 7.68. The average Bonchev–Trinajstić information content (AvgIpc) is 2.27.